The maximum absolute atomic E-state index is 5.53. The third-order valence-electron chi connectivity index (χ3n) is 6.21. The summed E-state index contributed by atoms with van der Waals surface area (Å²) >= 11 is 0. The Hall–Kier alpha value is -0.900. The van der Waals surface area contributed by atoms with Gasteiger partial charge in [0, 0.05) is 38.8 Å². The van der Waals surface area contributed by atoms with Gasteiger partial charge in [-0.25, -0.2) is 0 Å². The van der Waals surface area contributed by atoms with Crippen LogP contribution in [0.25, 0.3) is 0 Å². The Kier molecular flexibility index (Phi) is 11.4. The largest absolute Gasteiger partial charge is 0.379 e. The van der Waals surface area contributed by atoms with E-state index < -0.39 is 0 Å². The van der Waals surface area contributed by atoms with Crippen molar-refractivity contribution in [1.82, 2.24) is 20.0 Å². The second-order valence-corrected chi connectivity index (χ2v) is 7.88. The van der Waals surface area contributed by atoms with Crippen LogP contribution >= 0.6 is 24.0 Å². The number of nitrogens with zero attached hydrogens (tertiary/aromatic N) is 4. The summed E-state index contributed by atoms with van der Waals surface area (Å²) in [6.45, 7) is 16.4. The molecule has 2 aliphatic rings. The van der Waals surface area contributed by atoms with Crippen molar-refractivity contribution in [2.45, 2.75) is 39.3 Å². The predicted octanol–water partition coefficient (Wildman–Crippen LogP) is 3.06. The van der Waals surface area contributed by atoms with E-state index in [4.69, 9.17) is 9.73 Å². The van der Waals surface area contributed by atoms with E-state index in [1.54, 1.807) is 0 Å². The lowest BCUT2D eigenvalue weighted by molar-refractivity contribution is 0.0195. The Morgan fingerprint density at radius 3 is 2.47 bits per heavy atom. The van der Waals surface area contributed by atoms with Gasteiger partial charge in [-0.1, -0.05) is 44.2 Å². The van der Waals surface area contributed by atoms with Crippen LogP contribution in [0.15, 0.2) is 35.3 Å². The van der Waals surface area contributed by atoms with E-state index in [1.165, 1.54) is 12.0 Å². The number of hydrogen-bond donors (Lipinski definition) is 1. The predicted molar refractivity (Wildman–Crippen MR) is 136 cm³/mol. The number of morpholine rings is 1. The van der Waals surface area contributed by atoms with Crippen molar-refractivity contribution >= 4 is 29.9 Å². The van der Waals surface area contributed by atoms with E-state index in [9.17, 15) is 0 Å². The van der Waals surface area contributed by atoms with Crippen LogP contribution in [0.2, 0.25) is 0 Å². The van der Waals surface area contributed by atoms with E-state index in [2.05, 4.69) is 71.1 Å². The first-order valence-electron chi connectivity index (χ1n) is 11.4. The Balaban J connectivity index is 0.00000320. The third kappa shape index (κ3) is 6.80. The number of likely N-dealkylation sites (tertiary alicyclic amines) is 1. The third-order valence-corrected chi connectivity index (χ3v) is 6.21. The average Bonchev–Trinajstić information content (AvgIpc) is 3.27. The molecule has 0 saturated carbocycles. The quantitative estimate of drug-likeness (QED) is 0.319. The van der Waals surface area contributed by atoms with Gasteiger partial charge in [-0.2, -0.15) is 0 Å². The summed E-state index contributed by atoms with van der Waals surface area (Å²) < 4.78 is 5.53. The van der Waals surface area contributed by atoms with Gasteiger partial charge in [-0.05, 0) is 32.0 Å². The van der Waals surface area contributed by atoms with E-state index in [1.807, 2.05) is 0 Å². The van der Waals surface area contributed by atoms with Crippen LogP contribution in [-0.2, 0) is 4.74 Å². The fourth-order valence-corrected chi connectivity index (χ4v) is 4.54. The molecule has 1 aromatic rings. The minimum absolute atomic E-state index is 0. The number of hydrogen-bond acceptors (Lipinski definition) is 4. The Morgan fingerprint density at radius 1 is 1.13 bits per heavy atom. The Morgan fingerprint density at radius 2 is 1.83 bits per heavy atom. The monoisotopic (exact) mass is 529 g/mol. The molecule has 0 aromatic heterocycles. The first-order valence-corrected chi connectivity index (χ1v) is 11.4. The fraction of sp³-hybridized carbons (Fsp3) is 0.696. The van der Waals surface area contributed by atoms with E-state index >= 15 is 0 Å². The lowest BCUT2D eigenvalue weighted by atomic mass is 10.1. The van der Waals surface area contributed by atoms with Crippen molar-refractivity contribution < 1.29 is 4.74 Å². The molecule has 2 heterocycles. The van der Waals surface area contributed by atoms with Gasteiger partial charge in [0.25, 0.3) is 0 Å². The van der Waals surface area contributed by atoms with Gasteiger partial charge in [0.1, 0.15) is 0 Å². The van der Waals surface area contributed by atoms with Gasteiger partial charge >= 0.3 is 0 Å². The molecule has 0 radical (unpaired) electrons. The van der Waals surface area contributed by atoms with Crippen LogP contribution < -0.4 is 5.32 Å². The standard InChI is InChI=1S/C23H39N5O.HI/c1-4-24-23(28-13-12-21(19-28)27-14-16-29-17-15-27)25-18-22(26(5-2)6-3)20-10-8-7-9-11-20;/h7-11,21-22H,4-6,12-19H2,1-3H3,(H,24,25);1H. The van der Waals surface area contributed by atoms with Crippen LogP contribution in [0.3, 0.4) is 0 Å². The lowest BCUT2D eigenvalue weighted by Crippen LogP contribution is -2.47. The summed E-state index contributed by atoms with van der Waals surface area (Å²) in [5.41, 5.74) is 1.35. The first-order chi connectivity index (χ1) is 14.3. The summed E-state index contributed by atoms with van der Waals surface area (Å²) in [6, 6.07) is 11.8. The highest BCUT2D eigenvalue weighted by molar-refractivity contribution is 14.0. The molecule has 3 rings (SSSR count). The fourth-order valence-electron chi connectivity index (χ4n) is 4.54. The zero-order valence-corrected chi connectivity index (χ0v) is 21.3. The molecule has 0 amide bonds. The molecule has 0 aliphatic carbocycles. The Labute approximate surface area is 200 Å². The second-order valence-electron chi connectivity index (χ2n) is 7.88. The molecule has 1 N–H and O–H groups in total. The molecule has 2 saturated heterocycles. The minimum atomic E-state index is 0. The molecule has 170 valence electrons. The van der Waals surface area contributed by atoms with Crippen LogP contribution in [-0.4, -0.2) is 92.3 Å². The van der Waals surface area contributed by atoms with Crippen molar-refractivity contribution in [1.29, 1.82) is 0 Å². The van der Waals surface area contributed by atoms with Crippen LogP contribution in [0, 0.1) is 0 Å². The van der Waals surface area contributed by atoms with Crippen molar-refractivity contribution in [3.05, 3.63) is 35.9 Å². The molecule has 7 heteroatoms. The SMILES string of the molecule is CCNC(=NCC(c1ccccc1)N(CC)CC)N1CCC(N2CCOCC2)C1.I. The topological polar surface area (TPSA) is 43.3 Å². The lowest BCUT2D eigenvalue weighted by Gasteiger charge is -2.32. The normalized spacial score (nSPS) is 21.5. The molecular formula is C23H40IN5O. The summed E-state index contributed by atoms with van der Waals surface area (Å²) in [5, 5.41) is 3.54. The van der Waals surface area contributed by atoms with Crippen molar-refractivity contribution in [3.8, 4) is 0 Å². The van der Waals surface area contributed by atoms with Gasteiger partial charge < -0.3 is 15.0 Å². The average molecular weight is 530 g/mol. The molecule has 1 aromatic carbocycles. The number of rotatable bonds is 8. The first kappa shape index (κ1) is 25.4. The van der Waals surface area contributed by atoms with E-state index in [-0.39, 0.29) is 24.0 Å². The Bertz CT molecular complexity index is 619. The van der Waals surface area contributed by atoms with E-state index in [0.29, 0.717) is 12.1 Å². The molecule has 0 spiro atoms. The van der Waals surface area contributed by atoms with Gasteiger partial charge in [-0.3, -0.25) is 14.8 Å². The molecule has 6 nitrogen and oxygen atoms in total. The summed E-state index contributed by atoms with van der Waals surface area (Å²) in [5.74, 6) is 1.07. The number of nitrogens with one attached hydrogen (secondary N) is 1. The molecule has 2 fully saturated rings. The van der Waals surface area contributed by atoms with Crippen molar-refractivity contribution in [3.63, 3.8) is 0 Å². The number of halogens is 1. The molecule has 2 unspecified atom stereocenters. The van der Waals surface area contributed by atoms with Gasteiger partial charge in [-0.15, -0.1) is 24.0 Å². The highest BCUT2D eigenvalue weighted by Gasteiger charge is 2.30. The van der Waals surface area contributed by atoms with Gasteiger partial charge in [0.2, 0.25) is 0 Å². The molecule has 2 aliphatic heterocycles. The van der Waals surface area contributed by atoms with Crippen LogP contribution in [0.5, 0.6) is 0 Å². The van der Waals surface area contributed by atoms with Gasteiger partial charge in [0.05, 0.1) is 25.8 Å². The minimum Gasteiger partial charge on any atom is -0.379 e. The smallest absolute Gasteiger partial charge is 0.194 e. The molecule has 2 atom stereocenters. The van der Waals surface area contributed by atoms with E-state index in [0.717, 1.165) is 71.5 Å². The molecular weight excluding hydrogens is 489 g/mol. The number of guanidine groups is 1. The highest BCUT2D eigenvalue weighted by atomic mass is 127. The highest BCUT2D eigenvalue weighted by Crippen LogP contribution is 2.22. The number of likely N-dealkylation sites (N-methyl/N-ethyl adjacent to an activating group) is 1. The number of aliphatic imine (C=N–C) groups is 1. The molecule has 0 bridgehead atoms. The summed E-state index contributed by atoms with van der Waals surface area (Å²) in [4.78, 5) is 12.7. The zero-order chi connectivity index (χ0) is 20.5. The maximum Gasteiger partial charge on any atom is 0.194 e. The van der Waals surface area contributed by atoms with Crippen LogP contribution in [0.1, 0.15) is 38.8 Å². The van der Waals surface area contributed by atoms with Crippen LogP contribution in [0.4, 0.5) is 0 Å². The second kappa shape index (κ2) is 13.5. The van der Waals surface area contributed by atoms with Crippen molar-refractivity contribution in [2.24, 2.45) is 4.99 Å². The number of ether oxygens (including phenoxy) is 1. The zero-order valence-electron chi connectivity index (χ0n) is 18.9. The van der Waals surface area contributed by atoms with Crippen molar-refractivity contribution in [2.75, 3.05) is 65.6 Å². The van der Waals surface area contributed by atoms with Gasteiger partial charge in [0.15, 0.2) is 5.96 Å². The number of benzene rings is 1. The summed E-state index contributed by atoms with van der Waals surface area (Å²) in [6.07, 6.45) is 1.21. The molecule has 30 heavy (non-hydrogen) atoms. The maximum atomic E-state index is 5.53. The summed E-state index contributed by atoms with van der Waals surface area (Å²) in [7, 11) is 0.